The van der Waals surface area contributed by atoms with Gasteiger partial charge in [0.05, 0.1) is 95.5 Å². The first-order valence-electron chi connectivity index (χ1n) is 10.5. The summed E-state index contributed by atoms with van der Waals surface area (Å²) in [6.07, 6.45) is 0. The maximum absolute atomic E-state index is 9.96. The van der Waals surface area contributed by atoms with Gasteiger partial charge in [0.15, 0.2) is 0 Å². The van der Waals surface area contributed by atoms with Gasteiger partial charge in [-0.05, 0) is 0 Å². The summed E-state index contributed by atoms with van der Waals surface area (Å²) in [6, 6.07) is 0. The Morgan fingerprint density at radius 1 is 0.395 bits per heavy atom. The first-order chi connectivity index (χ1) is 19.8. The Bertz CT molecular complexity index is 435. The van der Waals surface area contributed by atoms with Crippen molar-refractivity contribution >= 4 is 46.2 Å². The molecule has 21 nitrogen and oxygen atoms in total. The normalized spacial score (nSPS) is 10.7. The van der Waals surface area contributed by atoms with Crippen LogP contribution in [0.2, 0.25) is 0 Å². The monoisotopic (exact) mass is 782 g/mol. The van der Waals surface area contributed by atoms with Crippen molar-refractivity contribution in [1.82, 2.24) is 0 Å². The Morgan fingerprint density at radius 3 is 0.581 bits per heavy atom. The van der Waals surface area contributed by atoms with Crippen LogP contribution in [-0.4, -0.2) is 146 Å². The average molecular weight is 780 g/mol. The molecule has 43 heavy (non-hydrogen) atoms. The Kier molecular flexibility index (Phi) is 55.1. The van der Waals surface area contributed by atoms with Crippen molar-refractivity contribution in [2.75, 3.05) is 79.3 Å². The molecule has 0 fully saturated rings. The topological polar surface area (TPSA) is 399 Å². The van der Waals surface area contributed by atoms with Crippen LogP contribution in [0.3, 0.4) is 0 Å². The van der Waals surface area contributed by atoms with Crippen molar-refractivity contribution in [2.45, 2.75) is 0 Å². The summed E-state index contributed by atoms with van der Waals surface area (Å²) in [5.41, 5.74) is -3.85. The van der Waals surface area contributed by atoms with E-state index in [1.165, 1.54) is 0 Å². The molecule has 0 saturated carbocycles. The molecule has 264 valence electrons. The second-order valence-corrected chi connectivity index (χ2v) is 9.53. The molecule has 0 bridgehead atoms. The third kappa shape index (κ3) is 33.4. The largest absolute Gasteiger partial charge is 0.820 e. The predicted octanol–water partition coefficient (Wildman–Crippen LogP) is -9.82. The van der Waals surface area contributed by atoms with Crippen molar-refractivity contribution in [1.29, 1.82) is 0 Å². The molecule has 0 amide bonds. The SMILES string of the molecule is C=O.C=O.C=O.[Mo].[O-]P([O-])OCC(CO)(CO)CO.[O-]P([O-])OCC(CO)(CO)CO.[O-]P([O-])OCC(CO)(CO)CO. The summed E-state index contributed by atoms with van der Waals surface area (Å²) in [5, 5.41) is 78.2. The first kappa shape index (κ1) is 58.8. The van der Waals surface area contributed by atoms with Crippen LogP contribution in [0, 0.1) is 16.2 Å². The first-order valence-corrected chi connectivity index (χ1v) is 13.8. The maximum atomic E-state index is 9.96. The molecule has 0 heterocycles. The fraction of sp³-hybridized carbons (Fsp3) is 0.833. The third-order valence-corrected chi connectivity index (χ3v) is 5.47. The Hall–Kier alpha value is 0.268. The molecule has 0 rings (SSSR count). The van der Waals surface area contributed by atoms with Crippen molar-refractivity contribution in [3.63, 3.8) is 0 Å². The number of hydrogen-bond acceptors (Lipinski definition) is 21. The van der Waals surface area contributed by atoms with Crippen molar-refractivity contribution < 1.29 is 124 Å². The molecule has 0 aromatic rings. The van der Waals surface area contributed by atoms with E-state index in [1.807, 2.05) is 20.4 Å². The Balaban J connectivity index is -0.0000000819. The molecule has 0 radical (unpaired) electrons. The van der Waals surface area contributed by atoms with Gasteiger partial charge < -0.3 is 103 Å². The van der Waals surface area contributed by atoms with E-state index in [1.54, 1.807) is 0 Å². The molecule has 0 aromatic carbocycles. The second kappa shape index (κ2) is 40.3. The number of aliphatic hydroxyl groups excluding tert-OH is 9. The molecule has 0 aromatic heterocycles. The number of rotatable bonds is 18. The van der Waals surface area contributed by atoms with Gasteiger partial charge in [-0.15, -0.1) is 0 Å². The van der Waals surface area contributed by atoms with Gasteiger partial charge in [0.1, 0.15) is 20.4 Å². The quantitative estimate of drug-likeness (QED) is 0.0460. The summed E-state index contributed by atoms with van der Waals surface area (Å²) in [7, 11) is -9.05. The van der Waals surface area contributed by atoms with Gasteiger partial charge in [0.2, 0.25) is 0 Å². The molecular weight excluding hydrogens is 741 g/mol. The summed E-state index contributed by atoms with van der Waals surface area (Å²) in [6.45, 7) is -0.111. The van der Waals surface area contributed by atoms with Crippen LogP contribution in [0.4, 0.5) is 0 Å². The van der Waals surface area contributed by atoms with E-state index >= 15 is 0 Å². The van der Waals surface area contributed by atoms with Crippen LogP contribution in [0.15, 0.2) is 0 Å². The minimum Gasteiger partial charge on any atom is -0.820 e. The third-order valence-electron chi connectivity index (χ3n) is 4.45. The van der Waals surface area contributed by atoms with Gasteiger partial charge in [0.25, 0.3) is 0 Å². The van der Waals surface area contributed by atoms with Crippen LogP contribution in [0.1, 0.15) is 0 Å². The Morgan fingerprint density at radius 2 is 0.512 bits per heavy atom. The number of carbonyl (C=O) groups is 3. The second-order valence-electron chi connectivity index (χ2n) is 7.41. The van der Waals surface area contributed by atoms with Gasteiger partial charge in [-0.3, -0.25) is 0 Å². The van der Waals surface area contributed by atoms with Gasteiger partial charge in [-0.1, -0.05) is 0 Å². The van der Waals surface area contributed by atoms with E-state index in [0.29, 0.717) is 0 Å². The van der Waals surface area contributed by atoms with Crippen LogP contribution in [0.25, 0.3) is 0 Å². The van der Waals surface area contributed by atoms with E-state index in [-0.39, 0.29) is 21.1 Å². The van der Waals surface area contributed by atoms with Gasteiger partial charge in [-0.2, -0.15) is 25.8 Å². The maximum Gasteiger partial charge on any atom is 0.106 e. The molecule has 0 unspecified atom stereocenters. The fourth-order valence-electron chi connectivity index (χ4n) is 1.43. The van der Waals surface area contributed by atoms with Crippen molar-refractivity contribution in [2.24, 2.45) is 16.2 Å². The molecule has 0 saturated heterocycles. The molecule has 0 aliphatic carbocycles. The zero-order valence-electron chi connectivity index (χ0n) is 22.8. The number of hydrogen-bond donors (Lipinski definition) is 9. The molecule has 9 N–H and O–H groups in total. The van der Waals surface area contributed by atoms with Crippen LogP contribution < -0.4 is 29.4 Å². The standard InChI is InChI=1S/3C5H11O6P.3CH2O.Mo/c3*6-1-5(2-7,3-8)4-11-12(9)10;3*1-2;/h3*6-8H,1-4H2;3*1H2;/q3*-2;;;;. The van der Waals surface area contributed by atoms with E-state index < -0.39 is 121 Å². The Labute approximate surface area is 265 Å². The summed E-state index contributed by atoms with van der Waals surface area (Å²) >= 11 is 0. The smallest absolute Gasteiger partial charge is 0.106 e. The van der Waals surface area contributed by atoms with E-state index in [9.17, 15) is 29.4 Å². The molecule has 0 atom stereocenters. The van der Waals surface area contributed by atoms with E-state index in [4.69, 9.17) is 60.3 Å². The van der Waals surface area contributed by atoms with Crippen molar-refractivity contribution in [3.8, 4) is 0 Å². The van der Waals surface area contributed by atoms with Crippen LogP contribution in [-0.2, 0) is 49.0 Å². The molecule has 25 heteroatoms. The van der Waals surface area contributed by atoms with Crippen LogP contribution in [0.5, 0.6) is 0 Å². The van der Waals surface area contributed by atoms with Crippen molar-refractivity contribution in [3.05, 3.63) is 0 Å². The predicted molar refractivity (Wildman–Crippen MR) is 131 cm³/mol. The van der Waals surface area contributed by atoms with E-state index in [0.717, 1.165) is 0 Å². The zero-order chi connectivity index (χ0) is 34.8. The zero-order valence-corrected chi connectivity index (χ0v) is 27.5. The van der Waals surface area contributed by atoms with Crippen LogP contribution >= 0.6 is 25.8 Å². The summed E-state index contributed by atoms with van der Waals surface area (Å²) < 4.78 is 12.5. The number of carbonyl (C=O) groups excluding carboxylic acids is 3. The molecule has 0 aliphatic heterocycles. The fourth-order valence-corrected chi connectivity index (χ4v) is 2.57. The summed E-state index contributed by atoms with van der Waals surface area (Å²) in [5.74, 6) is 0. The van der Waals surface area contributed by atoms with Gasteiger partial charge in [-0.25, -0.2) is 0 Å². The average Bonchev–Trinajstić information content (AvgIpc) is 3.03. The summed E-state index contributed by atoms with van der Waals surface area (Å²) in [4.78, 5) is 83.8. The van der Waals surface area contributed by atoms with E-state index in [2.05, 4.69) is 13.6 Å². The van der Waals surface area contributed by atoms with Gasteiger partial charge >= 0.3 is 0 Å². The molecular formula is C18H39MoO21P3-6. The molecule has 0 spiro atoms. The minimum absolute atomic E-state index is 0. The number of aliphatic hydroxyl groups is 9. The minimum atomic E-state index is -3.02. The molecule has 0 aliphatic rings. The van der Waals surface area contributed by atoms with Gasteiger partial charge in [0, 0.05) is 21.1 Å².